The molecule has 0 aliphatic heterocycles. The predicted molar refractivity (Wildman–Crippen MR) is 99.9 cm³/mol. The largest absolute Gasteiger partial charge is 0.368 e. The molecule has 12 heteroatoms. The summed E-state index contributed by atoms with van der Waals surface area (Å²) in [5.74, 6) is 0.250. The zero-order valence-corrected chi connectivity index (χ0v) is 13.4. The monoisotopic (exact) mass is 336 g/mol. The highest BCUT2D eigenvalue weighted by Gasteiger charge is 1.94. The molecule has 24 heavy (non-hydrogen) atoms. The number of nitrogens with zero attached hydrogens (tertiary/aromatic N) is 6. The second-order valence-electron chi connectivity index (χ2n) is 2.82. The van der Waals surface area contributed by atoms with Gasteiger partial charge in [0, 0.05) is 0 Å². The molecule has 0 saturated heterocycles. The van der Waals surface area contributed by atoms with Crippen molar-refractivity contribution in [2.45, 2.75) is 0 Å². The molecule has 0 aliphatic rings. The molecule has 12 N–H and O–H groups in total. The average Bonchev–Trinajstić information content (AvgIpc) is 2.51. The Balaban J connectivity index is -0.000000281. The van der Waals surface area contributed by atoms with Crippen molar-refractivity contribution in [2.75, 3.05) is 34.4 Å². The van der Waals surface area contributed by atoms with Crippen molar-refractivity contribution in [3.05, 3.63) is 39.5 Å². The minimum absolute atomic E-state index is 0.0417. The molecular weight excluding hydrogens is 312 g/mol. The standard InChI is InChI=1S/2C3H6N6.3C2H4/c2*4-1-7-2(5)9-3(6)8-1;3*1-2/h2*(H6,4,5,6,7,8,9);3*1-2H2. The second-order valence-corrected chi connectivity index (χ2v) is 2.82. The second kappa shape index (κ2) is 15.4. The lowest BCUT2D eigenvalue weighted by atomic mass is 10.9. The summed E-state index contributed by atoms with van der Waals surface area (Å²) in [4.78, 5) is 20.9. The van der Waals surface area contributed by atoms with Crippen LogP contribution in [0.3, 0.4) is 0 Å². The van der Waals surface area contributed by atoms with E-state index in [-0.39, 0.29) is 35.7 Å². The quantitative estimate of drug-likeness (QED) is 0.338. The Hall–Kier alpha value is -3.96. The van der Waals surface area contributed by atoms with Crippen LogP contribution in [-0.4, -0.2) is 29.9 Å². The molecule has 0 bridgehead atoms. The van der Waals surface area contributed by atoms with Gasteiger partial charge < -0.3 is 34.4 Å². The molecule has 132 valence electrons. The van der Waals surface area contributed by atoms with Gasteiger partial charge in [-0.25, -0.2) is 0 Å². The maximum absolute atomic E-state index is 5.14. The Labute approximate surface area is 140 Å². The number of anilines is 6. The number of hydrogen-bond donors (Lipinski definition) is 6. The van der Waals surface area contributed by atoms with Crippen molar-refractivity contribution in [3.8, 4) is 0 Å². The zero-order chi connectivity index (χ0) is 19.7. The summed E-state index contributed by atoms with van der Waals surface area (Å²) >= 11 is 0. The van der Waals surface area contributed by atoms with Crippen LogP contribution in [0.5, 0.6) is 0 Å². The maximum Gasteiger partial charge on any atom is 0.226 e. The van der Waals surface area contributed by atoms with E-state index < -0.39 is 0 Å². The van der Waals surface area contributed by atoms with Gasteiger partial charge in [0.05, 0.1) is 0 Å². The third-order valence-corrected chi connectivity index (χ3v) is 1.37. The van der Waals surface area contributed by atoms with Gasteiger partial charge in [-0.3, -0.25) is 0 Å². The summed E-state index contributed by atoms with van der Waals surface area (Å²) in [6, 6.07) is 0. The summed E-state index contributed by atoms with van der Waals surface area (Å²) in [5.41, 5.74) is 30.8. The molecule has 0 radical (unpaired) electrons. The fourth-order valence-corrected chi connectivity index (χ4v) is 0.854. The first kappa shape index (κ1) is 25.0. The minimum atomic E-state index is 0.0417. The highest BCUT2D eigenvalue weighted by molar-refractivity contribution is 5.33. The van der Waals surface area contributed by atoms with Gasteiger partial charge in [0.15, 0.2) is 0 Å². The molecular formula is C12H24N12. The van der Waals surface area contributed by atoms with E-state index in [0.29, 0.717) is 0 Å². The first-order valence-corrected chi connectivity index (χ1v) is 5.92. The molecule has 0 aliphatic carbocycles. The van der Waals surface area contributed by atoms with Crippen LogP contribution in [0.4, 0.5) is 35.7 Å². The summed E-state index contributed by atoms with van der Waals surface area (Å²) in [5, 5.41) is 0. The first-order valence-electron chi connectivity index (χ1n) is 5.92. The fourth-order valence-electron chi connectivity index (χ4n) is 0.854. The van der Waals surface area contributed by atoms with Crippen LogP contribution in [0, 0.1) is 0 Å². The molecule has 2 aromatic heterocycles. The van der Waals surface area contributed by atoms with Crippen molar-refractivity contribution in [1.29, 1.82) is 0 Å². The number of nitrogens with two attached hydrogens (primary N) is 6. The highest BCUT2D eigenvalue weighted by Crippen LogP contribution is 1.98. The molecule has 0 atom stereocenters. The molecule has 0 amide bonds. The lowest BCUT2D eigenvalue weighted by Crippen LogP contribution is -2.05. The van der Waals surface area contributed by atoms with E-state index in [2.05, 4.69) is 69.4 Å². The van der Waals surface area contributed by atoms with E-state index in [1.165, 1.54) is 0 Å². The molecule has 0 fully saturated rings. The summed E-state index contributed by atoms with van der Waals surface area (Å²) in [6.07, 6.45) is 0. The Morgan fingerprint density at radius 2 is 0.417 bits per heavy atom. The SMILES string of the molecule is C=C.C=C.C=C.Nc1nc(N)nc(N)n1.Nc1nc(N)nc(N)n1. The third kappa shape index (κ3) is 13.0. The van der Waals surface area contributed by atoms with Crippen LogP contribution in [0.1, 0.15) is 0 Å². The summed E-state index contributed by atoms with van der Waals surface area (Å²) in [7, 11) is 0. The van der Waals surface area contributed by atoms with Crippen LogP contribution in [0.25, 0.3) is 0 Å². The molecule has 0 spiro atoms. The van der Waals surface area contributed by atoms with Crippen LogP contribution < -0.4 is 34.4 Å². The Morgan fingerprint density at radius 3 is 0.500 bits per heavy atom. The highest BCUT2D eigenvalue weighted by atomic mass is 15.2. The van der Waals surface area contributed by atoms with E-state index in [9.17, 15) is 0 Å². The van der Waals surface area contributed by atoms with Crippen molar-refractivity contribution >= 4 is 35.7 Å². The summed E-state index contributed by atoms with van der Waals surface area (Å²) < 4.78 is 0. The molecule has 2 aromatic rings. The van der Waals surface area contributed by atoms with Crippen molar-refractivity contribution in [2.24, 2.45) is 0 Å². The minimum Gasteiger partial charge on any atom is -0.368 e. The number of aromatic nitrogens is 6. The van der Waals surface area contributed by atoms with Gasteiger partial charge >= 0.3 is 0 Å². The van der Waals surface area contributed by atoms with Gasteiger partial charge in [0.25, 0.3) is 0 Å². The van der Waals surface area contributed by atoms with Crippen molar-refractivity contribution in [1.82, 2.24) is 29.9 Å². The molecule has 12 nitrogen and oxygen atoms in total. The fraction of sp³-hybridized carbons (Fsp3) is 0. The molecule has 2 heterocycles. The van der Waals surface area contributed by atoms with Gasteiger partial charge in [-0.2, -0.15) is 29.9 Å². The van der Waals surface area contributed by atoms with E-state index >= 15 is 0 Å². The maximum atomic E-state index is 5.14. The van der Waals surface area contributed by atoms with Gasteiger partial charge in [0.2, 0.25) is 35.7 Å². The lowest BCUT2D eigenvalue weighted by Gasteiger charge is -1.93. The Bertz CT molecular complexity index is 433. The Kier molecular flexibility index (Phi) is 16.1. The first-order chi connectivity index (χ1) is 11.4. The number of nitrogen functional groups attached to an aromatic ring is 6. The Morgan fingerprint density at radius 1 is 0.333 bits per heavy atom. The predicted octanol–water partition coefficient (Wildman–Crippen LogP) is -0.357. The smallest absolute Gasteiger partial charge is 0.226 e. The third-order valence-electron chi connectivity index (χ3n) is 1.37. The van der Waals surface area contributed by atoms with Gasteiger partial charge in [-0.1, -0.05) is 0 Å². The van der Waals surface area contributed by atoms with Crippen LogP contribution >= 0.6 is 0 Å². The topological polar surface area (TPSA) is 233 Å². The van der Waals surface area contributed by atoms with Gasteiger partial charge in [-0.05, 0) is 0 Å². The van der Waals surface area contributed by atoms with Crippen LogP contribution in [0.15, 0.2) is 39.5 Å². The van der Waals surface area contributed by atoms with Crippen molar-refractivity contribution in [3.63, 3.8) is 0 Å². The number of hydrogen-bond acceptors (Lipinski definition) is 12. The van der Waals surface area contributed by atoms with E-state index in [1.54, 1.807) is 0 Å². The van der Waals surface area contributed by atoms with Crippen molar-refractivity contribution < 1.29 is 0 Å². The number of rotatable bonds is 0. The van der Waals surface area contributed by atoms with Gasteiger partial charge in [-0.15, -0.1) is 39.5 Å². The molecule has 2 rings (SSSR count). The van der Waals surface area contributed by atoms with E-state index in [1.807, 2.05) is 0 Å². The molecule has 0 aromatic carbocycles. The normalized spacial score (nSPS) is 7.50. The zero-order valence-electron chi connectivity index (χ0n) is 13.4. The van der Waals surface area contributed by atoms with Gasteiger partial charge in [0.1, 0.15) is 0 Å². The average molecular weight is 336 g/mol. The van der Waals surface area contributed by atoms with E-state index in [0.717, 1.165) is 0 Å². The molecule has 0 saturated carbocycles. The molecule has 0 unspecified atom stereocenters. The lowest BCUT2D eigenvalue weighted by molar-refractivity contribution is 1.09. The van der Waals surface area contributed by atoms with E-state index in [4.69, 9.17) is 34.4 Å². The summed E-state index contributed by atoms with van der Waals surface area (Å²) in [6.45, 7) is 18.0. The van der Waals surface area contributed by atoms with Crippen LogP contribution in [0.2, 0.25) is 0 Å². The van der Waals surface area contributed by atoms with Crippen LogP contribution in [-0.2, 0) is 0 Å².